The summed E-state index contributed by atoms with van der Waals surface area (Å²) in [6.45, 7) is 2.95. The molecule has 5 heteroatoms. The van der Waals surface area contributed by atoms with Crippen LogP contribution in [0.5, 0.6) is 5.75 Å². The van der Waals surface area contributed by atoms with Crippen LogP contribution in [-0.2, 0) is 6.42 Å². The SMILES string of the molecule is CC(Cc1ccsc1)NCC(O)COc1ccc(Br)cc1. The summed E-state index contributed by atoms with van der Waals surface area (Å²) < 4.78 is 6.57. The monoisotopic (exact) mass is 369 g/mol. The van der Waals surface area contributed by atoms with Crippen LogP contribution in [-0.4, -0.2) is 30.4 Å². The fourth-order valence-electron chi connectivity index (χ4n) is 1.95. The number of ether oxygens (including phenoxy) is 1. The van der Waals surface area contributed by atoms with E-state index in [4.69, 9.17) is 4.74 Å². The van der Waals surface area contributed by atoms with Crippen LogP contribution in [0, 0.1) is 0 Å². The molecule has 2 N–H and O–H groups in total. The Balaban J connectivity index is 1.65. The van der Waals surface area contributed by atoms with E-state index in [0.717, 1.165) is 16.6 Å². The molecule has 3 nitrogen and oxygen atoms in total. The van der Waals surface area contributed by atoms with E-state index in [1.54, 1.807) is 11.3 Å². The first kappa shape index (κ1) is 16.5. The summed E-state index contributed by atoms with van der Waals surface area (Å²) in [6.07, 6.45) is 0.461. The maximum atomic E-state index is 9.95. The molecule has 1 aromatic heterocycles. The third-order valence-electron chi connectivity index (χ3n) is 3.08. The minimum absolute atomic E-state index is 0.291. The third-order valence-corrected chi connectivity index (χ3v) is 4.34. The van der Waals surface area contributed by atoms with Gasteiger partial charge in [0.05, 0.1) is 0 Å². The first-order valence-electron chi connectivity index (χ1n) is 6.94. The Morgan fingerprint density at radius 1 is 1.29 bits per heavy atom. The molecule has 0 aliphatic carbocycles. The van der Waals surface area contributed by atoms with E-state index in [0.29, 0.717) is 19.2 Å². The molecular weight excluding hydrogens is 350 g/mol. The highest BCUT2D eigenvalue weighted by atomic mass is 79.9. The molecule has 1 heterocycles. The highest BCUT2D eigenvalue weighted by Gasteiger charge is 2.09. The first-order valence-corrected chi connectivity index (χ1v) is 8.68. The van der Waals surface area contributed by atoms with Gasteiger partial charge >= 0.3 is 0 Å². The Kier molecular flexibility index (Phi) is 6.70. The van der Waals surface area contributed by atoms with Crippen LogP contribution in [0.25, 0.3) is 0 Å². The van der Waals surface area contributed by atoms with E-state index < -0.39 is 6.10 Å². The minimum Gasteiger partial charge on any atom is -0.491 e. The maximum absolute atomic E-state index is 9.95. The zero-order chi connectivity index (χ0) is 15.1. The van der Waals surface area contributed by atoms with Crippen LogP contribution < -0.4 is 10.1 Å². The summed E-state index contributed by atoms with van der Waals surface area (Å²) in [5, 5.41) is 17.5. The van der Waals surface area contributed by atoms with Gasteiger partial charge in [0, 0.05) is 17.1 Å². The Hall–Kier alpha value is -0.880. The van der Waals surface area contributed by atoms with Crippen LogP contribution >= 0.6 is 27.3 Å². The van der Waals surface area contributed by atoms with Crippen molar-refractivity contribution < 1.29 is 9.84 Å². The van der Waals surface area contributed by atoms with Gasteiger partial charge in [0.15, 0.2) is 0 Å². The maximum Gasteiger partial charge on any atom is 0.119 e. The fraction of sp³-hybridized carbons (Fsp3) is 0.375. The van der Waals surface area contributed by atoms with Gasteiger partial charge in [-0.1, -0.05) is 15.9 Å². The lowest BCUT2D eigenvalue weighted by molar-refractivity contribution is 0.104. The van der Waals surface area contributed by atoms with Crippen molar-refractivity contribution in [1.82, 2.24) is 5.32 Å². The van der Waals surface area contributed by atoms with Crippen molar-refractivity contribution in [2.75, 3.05) is 13.2 Å². The zero-order valence-corrected chi connectivity index (χ0v) is 14.4. The molecule has 2 atom stereocenters. The summed E-state index contributed by atoms with van der Waals surface area (Å²) in [5.41, 5.74) is 1.33. The van der Waals surface area contributed by atoms with Crippen molar-refractivity contribution in [2.24, 2.45) is 0 Å². The molecule has 114 valence electrons. The van der Waals surface area contributed by atoms with E-state index >= 15 is 0 Å². The van der Waals surface area contributed by atoms with Crippen molar-refractivity contribution in [3.8, 4) is 5.75 Å². The van der Waals surface area contributed by atoms with Gasteiger partial charge in [0.1, 0.15) is 18.5 Å². The van der Waals surface area contributed by atoms with Gasteiger partial charge in [0.2, 0.25) is 0 Å². The van der Waals surface area contributed by atoms with Crippen LogP contribution in [0.1, 0.15) is 12.5 Å². The molecule has 0 saturated carbocycles. The smallest absolute Gasteiger partial charge is 0.119 e. The molecule has 2 aromatic rings. The van der Waals surface area contributed by atoms with Crippen molar-refractivity contribution in [1.29, 1.82) is 0 Å². The molecule has 0 amide bonds. The van der Waals surface area contributed by atoms with Gasteiger partial charge in [-0.2, -0.15) is 11.3 Å². The number of aliphatic hydroxyl groups is 1. The molecule has 0 aliphatic rings. The number of thiophene rings is 1. The highest BCUT2D eigenvalue weighted by Crippen LogP contribution is 2.16. The van der Waals surface area contributed by atoms with E-state index in [-0.39, 0.29) is 0 Å². The predicted molar refractivity (Wildman–Crippen MR) is 91.1 cm³/mol. The van der Waals surface area contributed by atoms with Gasteiger partial charge < -0.3 is 15.2 Å². The Bertz CT molecular complexity index is 516. The topological polar surface area (TPSA) is 41.5 Å². The molecule has 2 unspecified atom stereocenters. The van der Waals surface area contributed by atoms with Crippen molar-refractivity contribution in [3.63, 3.8) is 0 Å². The standard InChI is InChI=1S/C16H20BrNO2S/c1-12(8-13-6-7-21-11-13)18-9-15(19)10-20-16-4-2-14(17)3-5-16/h2-7,11-12,15,18-19H,8-10H2,1H3. The summed E-state index contributed by atoms with van der Waals surface area (Å²) in [4.78, 5) is 0. The molecule has 0 bridgehead atoms. The summed E-state index contributed by atoms with van der Waals surface area (Å²) in [5.74, 6) is 0.767. The normalized spacial score (nSPS) is 13.9. The second-order valence-corrected chi connectivity index (χ2v) is 6.76. The van der Waals surface area contributed by atoms with E-state index in [1.165, 1.54) is 5.56 Å². The van der Waals surface area contributed by atoms with Crippen molar-refractivity contribution in [2.45, 2.75) is 25.5 Å². The minimum atomic E-state index is -0.515. The van der Waals surface area contributed by atoms with Crippen LogP contribution in [0.4, 0.5) is 0 Å². The van der Waals surface area contributed by atoms with Gasteiger partial charge in [-0.05, 0) is 60.0 Å². The number of nitrogens with one attached hydrogen (secondary N) is 1. The summed E-state index contributed by atoms with van der Waals surface area (Å²) in [6, 6.07) is 10.1. The van der Waals surface area contributed by atoms with Crippen molar-refractivity contribution >= 4 is 27.3 Å². The highest BCUT2D eigenvalue weighted by molar-refractivity contribution is 9.10. The molecule has 2 rings (SSSR count). The number of aliphatic hydroxyl groups excluding tert-OH is 1. The Labute approximate surface area is 138 Å². The van der Waals surface area contributed by atoms with Gasteiger partial charge in [-0.3, -0.25) is 0 Å². The number of hydrogen-bond acceptors (Lipinski definition) is 4. The van der Waals surface area contributed by atoms with E-state index in [2.05, 4.69) is 45.0 Å². The molecule has 21 heavy (non-hydrogen) atoms. The quantitative estimate of drug-likeness (QED) is 0.748. The summed E-state index contributed by atoms with van der Waals surface area (Å²) in [7, 11) is 0. The number of benzene rings is 1. The largest absolute Gasteiger partial charge is 0.491 e. The molecule has 0 fully saturated rings. The molecular formula is C16H20BrNO2S. The predicted octanol–water partition coefficient (Wildman–Crippen LogP) is 3.47. The molecule has 1 aromatic carbocycles. The lowest BCUT2D eigenvalue weighted by atomic mass is 10.1. The zero-order valence-electron chi connectivity index (χ0n) is 12.0. The molecule has 0 saturated heterocycles. The Morgan fingerprint density at radius 2 is 2.05 bits per heavy atom. The molecule has 0 radical (unpaired) electrons. The van der Waals surface area contributed by atoms with Crippen LogP contribution in [0.3, 0.4) is 0 Å². The van der Waals surface area contributed by atoms with Crippen LogP contribution in [0.15, 0.2) is 45.6 Å². The second-order valence-electron chi connectivity index (χ2n) is 5.06. The fourth-order valence-corrected chi connectivity index (χ4v) is 2.90. The first-order chi connectivity index (χ1) is 10.1. The third kappa shape index (κ3) is 6.18. The van der Waals surface area contributed by atoms with Gasteiger partial charge in [0.25, 0.3) is 0 Å². The van der Waals surface area contributed by atoms with Gasteiger partial charge in [-0.15, -0.1) is 0 Å². The lowest BCUT2D eigenvalue weighted by Crippen LogP contribution is -2.37. The second kappa shape index (κ2) is 8.54. The average Bonchev–Trinajstić information content (AvgIpc) is 2.97. The van der Waals surface area contributed by atoms with E-state index in [1.807, 2.05) is 24.3 Å². The average molecular weight is 370 g/mol. The Morgan fingerprint density at radius 3 is 2.71 bits per heavy atom. The summed E-state index contributed by atoms with van der Waals surface area (Å²) >= 11 is 5.09. The number of hydrogen-bond donors (Lipinski definition) is 2. The van der Waals surface area contributed by atoms with Gasteiger partial charge in [-0.25, -0.2) is 0 Å². The lowest BCUT2D eigenvalue weighted by Gasteiger charge is -2.17. The number of rotatable bonds is 8. The number of halogens is 1. The van der Waals surface area contributed by atoms with E-state index in [9.17, 15) is 5.11 Å². The molecule has 0 spiro atoms. The molecule has 0 aliphatic heterocycles. The van der Waals surface area contributed by atoms with Crippen molar-refractivity contribution in [3.05, 3.63) is 51.1 Å². The van der Waals surface area contributed by atoms with Crippen LogP contribution in [0.2, 0.25) is 0 Å².